The Hall–Kier alpha value is -2.93. The van der Waals surface area contributed by atoms with Crippen molar-refractivity contribution in [1.29, 1.82) is 0 Å². The first kappa shape index (κ1) is 19.4. The van der Waals surface area contributed by atoms with Crippen LogP contribution in [0.1, 0.15) is 23.9 Å². The molecule has 1 unspecified atom stereocenters. The molecule has 0 spiro atoms. The summed E-state index contributed by atoms with van der Waals surface area (Å²) < 4.78 is 4.53. The van der Waals surface area contributed by atoms with Gasteiger partial charge in [0.05, 0.1) is 0 Å². The number of benzene rings is 2. The minimum Gasteiger partial charge on any atom is -0.343 e. The molecule has 2 amide bonds. The highest BCUT2D eigenvalue weighted by molar-refractivity contribution is 7.09. The van der Waals surface area contributed by atoms with Crippen molar-refractivity contribution in [1.82, 2.24) is 14.3 Å². The standard InChI is InChI=1S/C22H25N5OS/c1-16-8-6-7-11-19(16)23-21(28)27-13-12-26(15-17(27)2)22-24-20(25-29-22)14-18-9-4-3-5-10-18/h3-11,17H,12-15H2,1-2H3,(H,23,28). The number of aromatic nitrogens is 2. The summed E-state index contributed by atoms with van der Waals surface area (Å²) in [4.78, 5) is 21.6. The number of rotatable bonds is 4. The van der Waals surface area contributed by atoms with Crippen molar-refractivity contribution in [2.45, 2.75) is 26.3 Å². The van der Waals surface area contributed by atoms with Gasteiger partial charge in [0.15, 0.2) is 0 Å². The third-order valence-corrected chi connectivity index (χ3v) is 6.02. The van der Waals surface area contributed by atoms with Crippen LogP contribution in [0.4, 0.5) is 15.6 Å². The topological polar surface area (TPSA) is 61.4 Å². The van der Waals surface area contributed by atoms with Gasteiger partial charge in [-0.05, 0) is 31.0 Å². The van der Waals surface area contributed by atoms with Crippen LogP contribution < -0.4 is 10.2 Å². The molecule has 1 aromatic heterocycles. The van der Waals surface area contributed by atoms with Gasteiger partial charge >= 0.3 is 6.03 Å². The number of urea groups is 1. The lowest BCUT2D eigenvalue weighted by atomic mass is 10.1. The number of piperazine rings is 1. The lowest BCUT2D eigenvalue weighted by Gasteiger charge is -2.39. The van der Waals surface area contributed by atoms with E-state index in [1.54, 1.807) is 0 Å². The zero-order valence-electron chi connectivity index (χ0n) is 16.7. The lowest BCUT2D eigenvalue weighted by Crippen LogP contribution is -2.55. The van der Waals surface area contributed by atoms with Gasteiger partial charge in [-0.1, -0.05) is 48.5 Å². The lowest BCUT2D eigenvalue weighted by molar-refractivity contribution is 0.185. The van der Waals surface area contributed by atoms with Crippen molar-refractivity contribution in [3.8, 4) is 0 Å². The predicted octanol–water partition coefficient (Wildman–Crippen LogP) is 4.18. The maximum atomic E-state index is 12.8. The summed E-state index contributed by atoms with van der Waals surface area (Å²) in [5, 5.41) is 3.97. The Labute approximate surface area is 175 Å². The Morgan fingerprint density at radius 2 is 1.90 bits per heavy atom. The van der Waals surface area contributed by atoms with E-state index in [1.807, 2.05) is 54.3 Å². The number of aryl methyl sites for hydroxylation is 1. The van der Waals surface area contributed by atoms with Gasteiger partial charge in [-0.15, -0.1) is 0 Å². The van der Waals surface area contributed by atoms with Crippen LogP contribution in [0, 0.1) is 6.92 Å². The van der Waals surface area contributed by atoms with Gasteiger partial charge in [0, 0.05) is 49.3 Å². The molecular weight excluding hydrogens is 382 g/mol. The van der Waals surface area contributed by atoms with Crippen LogP contribution in [-0.2, 0) is 6.42 Å². The van der Waals surface area contributed by atoms with Gasteiger partial charge in [0.1, 0.15) is 5.82 Å². The molecule has 1 aliphatic heterocycles. The highest BCUT2D eigenvalue weighted by Crippen LogP contribution is 2.23. The summed E-state index contributed by atoms with van der Waals surface area (Å²) in [6.45, 7) is 6.24. The molecule has 2 aromatic carbocycles. The van der Waals surface area contributed by atoms with Crippen molar-refractivity contribution < 1.29 is 4.79 Å². The molecule has 0 aliphatic carbocycles. The van der Waals surface area contributed by atoms with Crippen LogP contribution in [0.5, 0.6) is 0 Å². The second-order valence-corrected chi connectivity index (χ2v) is 8.12. The second-order valence-electron chi connectivity index (χ2n) is 7.39. The third-order valence-electron chi connectivity index (χ3n) is 5.21. The first-order valence-electron chi connectivity index (χ1n) is 9.85. The molecule has 1 fully saturated rings. The van der Waals surface area contributed by atoms with E-state index in [9.17, 15) is 4.79 Å². The molecule has 0 saturated carbocycles. The van der Waals surface area contributed by atoms with Crippen molar-refractivity contribution in [2.75, 3.05) is 29.9 Å². The molecule has 150 valence electrons. The van der Waals surface area contributed by atoms with E-state index in [-0.39, 0.29) is 12.1 Å². The van der Waals surface area contributed by atoms with E-state index in [1.165, 1.54) is 17.1 Å². The van der Waals surface area contributed by atoms with Gasteiger partial charge in [-0.3, -0.25) is 0 Å². The molecule has 0 bridgehead atoms. The van der Waals surface area contributed by atoms with Crippen molar-refractivity contribution in [3.63, 3.8) is 0 Å². The fourth-order valence-corrected chi connectivity index (χ4v) is 4.28. The Morgan fingerprint density at radius 1 is 1.14 bits per heavy atom. The molecule has 4 rings (SSSR count). The SMILES string of the molecule is Cc1ccccc1NC(=O)N1CCN(c2nc(Cc3ccccc3)ns2)CC1C. The van der Waals surface area contributed by atoms with E-state index in [4.69, 9.17) is 4.98 Å². The summed E-state index contributed by atoms with van der Waals surface area (Å²) in [6.07, 6.45) is 0.742. The number of para-hydroxylation sites is 1. The van der Waals surface area contributed by atoms with E-state index in [0.717, 1.165) is 41.7 Å². The Morgan fingerprint density at radius 3 is 2.66 bits per heavy atom. The Kier molecular flexibility index (Phi) is 5.76. The highest BCUT2D eigenvalue weighted by Gasteiger charge is 2.29. The average Bonchev–Trinajstić information content (AvgIpc) is 3.19. The summed E-state index contributed by atoms with van der Waals surface area (Å²) >= 11 is 1.44. The van der Waals surface area contributed by atoms with E-state index >= 15 is 0 Å². The predicted molar refractivity (Wildman–Crippen MR) is 118 cm³/mol. The molecular formula is C22H25N5OS. The molecule has 3 aromatic rings. The smallest absolute Gasteiger partial charge is 0.322 e. The van der Waals surface area contributed by atoms with Crippen molar-refractivity contribution in [2.24, 2.45) is 0 Å². The number of amides is 2. The molecule has 7 heteroatoms. The van der Waals surface area contributed by atoms with Crippen LogP contribution in [0.25, 0.3) is 0 Å². The van der Waals surface area contributed by atoms with Gasteiger partial charge in [-0.25, -0.2) is 9.78 Å². The highest BCUT2D eigenvalue weighted by atomic mass is 32.1. The zero-order valence-corrected chi connectivity index (χ0v) is 17.5. The van der Waals surface area contributed by atoms with E-state index < -0.39 is 0 Å². The molecule has 0 radical (unpaired) electrons. The summed E-state index contributed by atoms with van der Waals surface area (Å²) in [5.74, 6) is 0.851. The molecule has 29 heavy (non-hydrogen) atoms. The number of nitrogens with one attached hydrogen (secondary N) is 1. The first-order chi connectivity index (χ1) is 14.1. The minimum atomic E-state index is -0.0477. The number of nitrogens with zero attached hydrogens (tertiary/aromatic N) is 4. The van der Waals surface area contributed by atoms with Crippen LogP contribution in [0.2, 0.25) is 0 Å². The second kappa shape index (κ2) is 8.61. The van der Waals surface area contributed by atoms with E-state index in [2.05, 4.69) is 33.6 Å². The number of carbonyl (C=O) groups is 1. The number of hydrogen-bond acceptors (Lipinski definition) is 5. The summed E-state index contributed by atoms with van der Waals surface area (Å²) in [5.41, 5.74) is 3.14. The molecule has 1 atom stereocenters. The largest absolute Gasteiger partial charge is 0.343 e. The number of hydrogen-bond donors (Lipinski definition) is 1. The average molecular weight is 408 g/mol. The van der Waals surface area contributed by atoms with Crippen LogP contribution in [0.3, 0.4) is 0 Å². The third kappa shape index (κ3) is 4.56. The Bertz CT molecular complexity index is 974. The van der Waals surface area contributed by atoms with Gasteiger partial charge in [0.2, 0.25) is 5.13 Å². The first-order valence-corrected chi connectivity index (χ1v) is 10.6. The molecule has 1 saturated heterocycles. The number of carbonyl (C=O) groups excluding carboxylic acids is 1. The van der Waals surface area contributed by atoms with Crippen LogP contribution in [0.15, 0.2) is 54.6 Å². The summed E-state index contributed by atoms with van der Waals surface area (Å²) in [7, 11) is 0. The van der Waals surface area contributed by atoms with E-state index in [0.29, 0.717) is 6.54 Å². The van der Waals surface area contributed by atoms with Crippen LogP contribution in [-0.4, -0.2) is 46.0 Å². The minimum absolute atomic E-state index is 0.0477. The molecule has 2 heterocycles. The molecule has 6 nitrogen and oxygen atoms in total. The number of anilines is 2. The normalized spacial score (nSPS) is 16.7. The molecule has 1 aliphatic rings. The monoisotopic (exact) mass is 407 g/mol. The van der Waals surface area contributed by atoms with Crippen LogP contribution >= 0.6 is 11.5 Å². The van der Waals surface area contributed by atoms with Gasteiger partial charge in [-0.2, -0.15) is 4.37 Å². The maximum absolute atomic E-state index is 12.8. The Balaban J connectivity index is 1.36. The van der Waals surface area contributed by atoms with Crippen molar-refractivity contribution >= 4 is 28.4 Å². The maximum Gasteiger partial charge on any atom is 0.322 e. The zero-order chi connectivity index (χ0) is 20.2. The summed E-state index contributed by atoms with van der Waals surface area (Å²) in [6, 6.07) is 18.2. The fraction of sp³-hybridized carbons (Fsp3) is 0.318. The van der Waals surface area contributed by atoms with Gasteiger partial charge in [0.25, 0.3) is 0 Å². The van der Waals surface area contributed by atoms with Gasteiger partial charge < -0.3 is 15.1 Å². The fourth-order valence-electron chi connectivity index (χ4n) is 3.56. The molecule has 1 N–H and O–H groups in total. The van der Waals surface area contributed by atoms with Crippen molar-refractivity contribution in [3.05, 3.63) is 71.5 Å². The quantitative estimate of drug-likeness (QED) is 0.705.